The number of anilines is 1. The maximum Gasteiger partial charge on any atom is 0.191 e. The molecule has 1 fully saturated rings. The van der Waals surface area contributed by atoms with Gasteiger partial charge in [0.25, 0.3) is 0 Å². The lowest BCUT2D eigenvalue weighted by Crippen LogP contribution is -2.42. The van der Waals surface area contributed by atoms with E-state index in [1.54, 1.807) is 0 Å². The summed E-state index contributed by atoms with van der Waals surface area (Å²) in [6, 6.07) is 6.73. The first kappa shape index (κ1) is 15.2. The number of aliphatic imine (C=N–C) groups is 1. The van der Waals surface area contributed by atoms with Crippen molar-refractivity contribution in [2.24, 2.45) is 16.6 Å². The predicted molar refractivity (Wildman–Crippen MR) is 93.3 cm³/mol. The van der Waals surface area contributed by atoms with Gasteiger partial charge in [-0.25, -0.2) is 4.99 Å². The van der Waals surface area contributed by atoms with Crippen molar-refractivity contribution in [2.75, 3.05) is 31.6 Å². The van der Waals surface area contributed by atoms with Crippen LogP contribution in [0.15, 0.2) is 23.2 Å². The minimum Gasteiger partial charge on any atom is -0.374 e. The third-order valence-electron chi connectivity index (χ3n) is 5.03. The van der Waals surface area contributed by atoms with Gasteiger partial charge < -0.3 is 15.5 Å². The Labute approximate surface area is 134 Å². The van der Waals surface area contributed by atoms with Crippen LogP contribution in [0.1, 0.15) is 37.3 Å². The minimum atomic E-state index is 0.689. The lowest BCUT2D eigenvalue weighted by molar-refractivity contribution is 0.277. The average molecular weight is 300 g/mol. The van der Waals surface area contributed by atoms with Crippen molar-refractivity contribution >= 4 is 11.6 Å². The van der Waals surface area contributed by atoms with Crippen molar-refractivity contribution in [3.05, 3.63) is 29.3 Å². The Morgan fingerprint density at radius 3 is 2.82 bits per heavy atom. The number of hydrogen-bond acceptors (Lipinski definition) is 2. The fraction of sp³-hybridized carbons (Fsp3) is 0.611. The molecular weight excluding hydrogens is 272 g/mol. The van der Waals surface area contributed by atoms with Crippen LogP contribution in [0.3, 0.4) is 0 Å². The Kier molecular flexibility index (Phi) is 4.55. The van der Waals surface area contributed by atoms with Crippen LogP contribution in [0.2, 0.25) is 0 Å². The second-order valence-corrected chi connectivity index (χ2v) is 6.83. The molecule has 4 nitrogen and oxygen atoms in total. The molecule has 2 N–H and O–H groups in total. The summed E-state index contributed by atoms with van der Waals surface area (Å²) in [5.74, 6) is 1.53. The summed E-state index contributed by atoms with van der Waals surface area (Å²) in [6.45, 7) is 6.26. The van der Waals surface area contributed by atoms with Crippen LogP contribution >= 0.6 is 0 Å². The van der Waals surface area contributed by atoms with Crippen LogP contribution in [0.4, 0.5) is 5.69 Å². The fourth-order valence-electron chi connectivity index (χ4n) is 3.45. The van der Waals surface area contributed by atoms with E-state index in [1.807, 2.05) is 0 Å². The number of guanidine groups is 1. The Bertz CT molecular complexity index is 544. The van der Waals surface area contributed by atoms with Gasteiger partial charge in [0.15, 0.2) is 5.96 Å². The first-order valence-electron chi connectivity index (χ1n) is 8.51. The largest absolute Gasteiger partial charge is 0.374 e. The molecule has 2 aliphatic rings. The maximum absolute atomic E-state index is 6.17. The van der Waals surface area contributed by atoms with E-state index in [0.717, 1.165) is 25.6 Å². The van der Waals surface area contributed by atoms with Crippen LogP contribution in [-0.2, 0) is 13.0 Å². The van der Waals surface area contributed by atoms with E-state index in [1.165, 1.54) is 42.5 Å². The van der Waals surface area contributed by atoms with Crippen LogP contribution in [0.25, 0.3) is 0 Å². The number of piperidine rings is 1. The van der Waals surface area contributed by atoms with Crippen molar-refractivity contribution < 1.29 is 0 Å². The van der Waals surface area contributed by atoms with Crippen molar-refractivity contribution in [2.45, 2.75) is 39.2 Å². The molecule has 0 unspecified atom stereocenters. The monoisotopic (exact) mass is 300 g/mol. The van der Waals surface area contributed by atoms with Gasteiger partial charge in [0.1, 0.15) is 0 Å². The van der Waals surface area contributed by atoms with E-state index in [2.05, 4.69) is 47.0 Å². The van der Waals surface area contributed by atoms with Gasteiger partial charge in [-0.3, -0.25) is 0 Å². The van der Waals surface area contributed by atoms with Gasteiger partial charge in [0.05, 0.1) is 6.54 Å². The van der Waals surface area contributed by atoms with Gasteiger partial charge in [0.2, 0.25) is 0 Å². The molecule has 0 bridgehead atoms. The molecule has 1 saturated heterocycles. The summed E-state index contributed by atoms with van der Waals surface area (Å²) in [7, 11) is 2.17. The third-order valence-corrected chi connectivity index (χ3v) is 5.03. The van der Waals surface area contributed by atoms with Crippen LogP contribution in [-0.4, -0.2) is 37.5 Å². The summed E-state index contributed by atoms with van der Waals surface area (Å²) >= 11 is 0. The highest BCUT2D eigenvalue weighted by Gasteiger charge is 2.17. The minimum absolute atomic E-state index is 0.689. The molecule has 2 aliphatic heterocycles. The van der Waals surface area contributed by atoms with Gasteiger partial charge in [-0.1, -0.05) is 19.1 Å². The maximum atomic E-state index is 6.17. The Morgan fingerprint density at radius 1 is 1.27 bits per heavy atom. The predicted octanol–water partition coefficient (Wildman–Crippen LogP) is 2.62. The number of aryl methyl sites for hydroxylation is 1. The molecule has 0 amide bonds. The Hall–Kier alpha value is -1.71. The highest BCUT2D eigenvalue weighted by atomic mass is 15.3. The lowest BCUT2D eigenvalue weighted by Gasteiger charge is -2.31. The van der Waals surface area contributed by atoms with E-state index in [4.69, 9.17) is 5.73 Å². The quantitative estimate of drug-likeness (QED) is 0.674. The van der Waals surface area contributed by atoms with Crippen LogP contribution in [0.5, 0.6) is 0 Å². The van der Waals surface area contributed by atoms with Crippen LogP contribution < -0.4 is 10.6 Å². The highest BCUT2D eigenvalue weighted by molar-refractivity contribution is 5.78. The fourth-order valence-corrected chi connectivity index (χ4v) is 3.45. The van der Waals surface area contributed by atoms with E-state index in [0.29, 0.717) is 12.5 Å². The topological polar surface area (TPSA) is 44.9 Å². The molecule has 0 saturated carbocycles. The van der Waals surface area contributed by atoms with Gasteiger partial charge in [-0.05, 0) is 48.8 Å². The number of likely N-dealkylation sites (tertiary alicyclic amines) is 1. The van der Waals surface area contributed by atoms with Gasteiger partial charge in [-0.15, -0.1) is 0 Å². The molecule has 120 valence electrons. The average Bonchev–Trinajstić information content (AvgIpc) is 2.53. The Morgan fingerprint density at radius 2 is 2.05 bits per heavy atom. The molecule has 1 aromatic carbocycles. The van der Waals surface area contributed by atoms with Crippen LogP contribution in [0, 0.1) is 5.92 Å². The molecule has 1 aromatic rings. The number of nitrogens with zero attached hydrogens (tertiary/aromatic N) is 3. The van der Waals surface area contributed by atoms with Crippen molar-refractivity contribution in [1.29, 1.82) is 0 Å². The summed E-state index contributed by atoms with van der Waals surface area (Å²) in [5.41, 5.74) is 10.3. The molecule has 2 heterocycles. The van der Waals surface area contributed by atoms with Crippen molar-refractivity contribution in [3.8, 4) is 0 Å². The molecule has 0 spiro atoms. The first-order valence-corrected chi connectivity index (χ1v) is 8.51. The van der Waals surface area contributed by atoms with E-state index < -0.39 is 0 Å². The molecule has 4 heteroatoms. The molecule has 0 aliphatic carbocycles. The molecule has 0 radical (unpaired) electrons. The standard InChI is InChI=1S/C18H28N4/c1-14-7-10-22(11-8-14)18(19)20-13-15-5-6-17-16(12-15)4-3-9-21(17)2/h5-6,12,14H,3-4,7-11,13H2,1-2H3,(H2,19,20). The molecule has 3 rings (SSSR count). The van der Waals surface area contributed by atoms with E-state index in [-0.39, 0.29) is 0 Å². The number of hydrogen-bond donors (Lipinski definition) is 1. The smallest absolute Gasteiger partial charge is 0.191 e. The molecular formula is C18H28N4. The summed E-state index contributed by atoms with van der Waals surface area (Å²) in [6.07, 6.45) is 4.86. The number of nitrogens with two attached hydrogens (primary N) is 1. The zero-order valence-electron chi connectivity index (χ0n) is 13.9. The molecule has 0 aromatic heterocycles. The van der Waals surface area contributed by atoms with Gasteiger partial charge in [0, 0.05) is 32.4 Å². The zero-order valence-corrected chi connectivity index (χ0v) is 13.9. The second-order valence-electron chi connectivity index (χ2n) is 6.83. The first-order chi connectivity index (χ1) is 10.6. The normalized spacial score (nSPS) is 20.2. The summed E-state index contributed by atoms with van der Waals surface area (Å²) in [4.78, 5) is 9.19. The van der Waals surface area contributed by atoms with Gasteiger partial charge >= 0.3 is 0 Å². The third kappa shape index (κ3) is 3.37. The SMILES string of the molecule is CC1CCN(C(N)=NCc2ccc3c(c2)CCCN3C)CC1. The summed E-state index contributed by atoms with van der Waals surface area (Å²) in [5, 5.41) is 0. The molecule has 22 heavy (non-hydrogen) atoms. The number of benzene rings is 1. The van der Waals surface area contributed by atoms with E-state index in [9.17, 15) is 0 Å². The zero-order chi connectivity index (χ0) is 15.5. The number of fused-ring (bicyclic) bond motifs is 1. The highest BCUT2D eigenvalue weighted by Crippen LogP contribution is 2.27. The summed E-state index contributed by atoms with van der Waals surface area (Å²) < 4.78 is 0. The van der Waals surface area contributed by atoms with Crippen molar-refractivity contribution in [3.63, 3.8) is 0 Å². The van der Waals surface area contributed by atoms with Crippen molar-refractivity contribution in [1.82, 2.24) is 4.90 Å². The lowest BCUT2D eigenvalue weighted by atomic mass is 9.99. The number of rotatable bonds is 2. The second kappa shape index (κ2) is 6.59. The van der Waals surface area contributed by atoms with Gasteiger partial charge in [-0.2, -0.15) is 0 Å². The van der Waals surface area contributed by atoms with E-state index >= 15 is 0 Å². The molecule has 0 atom stereocenters. The Balaban J connectivity index is 1.64.